The van der Waals surface area contributed by atoms with Gasteiger partial charge >= 0.3 is 0 Å². The molecule has 124 valence electrons. The van der Waals surface area contributed by atoms with Crippen LogP contribution < -0.4 is 9.46 Å². The van der Waals surface area contributed by atoms with Gasteiger partial charge in [-0.1, -0.05) is 39.7 Å². The van der Waals surface area contributed by atoms with Crippen molar-refractivity contribution in [3.63, 3.8) is 0 Å². The minimum atomic E-state index is -3.67. The molecule has 0 aliphatic rings. The second-order valence-corrected chi connectivity index (χ2v) is 7.96. The Hall–Kier alpha value is -1.08. The van der Waals surface area contributed by atoms with Crippen molar-refractivity contribution in [2.24, 2.45) is 0 Å². The van der Waals surface area contributed by atoms with Crippen molar-refractivity contribution >= 4 is 37.6 Å². The number of halogens is 2. The molecule has 2 aromatic rings. The molecule has 4 nitrogen and oxygen atoms in total. The van der Waals surface area contributed by atoms with Gasteiger partial charge in [0, 0.05) is 10.5 Å². The molecule has 0 fully saturated rings. The van der Waals surface area contributed by atoms with Crippen LogP contribution in [0.15, 0.2) is 51.8 Å². The van der Waals surface area contributed by atoms with Crippen LogP contribution in [0.2, 0.25) is 5.02 Å². The fraction of sp³-hybridized carbons (Fsp3) is 0.250. The van der Waals surface area contributed by atoms with Crippen LogP contribution >= 0.6 is 27.5 Å². The Morgan fingerprint density at radius 3 is 2.43 bits per heavy atom. The lowest BCUT2D eigenvalue weighted by molar-refractivity contribution is 0.340. The molecule has 0 saturated carbocycles. The van der Waals surface area contributed by atoms with Crippen LogP contribution in [0, 0.1) is 0 Å². The van der Waals surface area contributed by atoms with Crippen molar-refractivity contribution in [3.05, 3.63) is 57.5 Å². The highest BCUT2D eigenvalue weighted by molar-refractivity contribution is 9.10. The summed E-state index contributed by atoms with van der Waals surface area (Å²) in [5.41, 5.74) is 0.869. The number of benzene rings is 2. The Kier molecular flexibility index (Phi) is 6.08. The topological polar surface area (TPSA) is 55.4 Å². The summed E-state index contributed by atoms with van der Waals surface area (Å²) in [7, 11) is -3.67. The molecular formula is C16H17BrClNO3S. The number of ether oxygens (including phenoxy) is 1. The average Bonchev–Trinajstić information content (AvgIpc) is 2.49. The summed E-state index contributed by atoms with van der Waals surface area (Å²) in [5, 5.41) is 0.269. The Labute approximate surface area is 150 Å². The second-order valence-electron chi connectivity index (χ2n) is 4.92. The average molecular weight is 419 g/mol. The lowest BCUT2D eigenvalue weighted by Gasteiger charge is -2.15. The zero-order valence-corrected chi connectivity index (χ0v) is 15.9. The van der Waals surface area contributed by atoms with Crippen LogP contribution in [0.1, 0.15) is 25.5 Å². The van der Waals surface area contributed by atoms with Gasteiger partial charge in [0.15, 0.2) is 0 Å². The molecule has 0 radical (unpaired) electrons. The monoisotopic (exact) mass is 417 g/mol. The van der Waals surface area contributed by atoms with E-state index < -0.39 is 10.0 Å². The van der Waals surface area contributed by atoms with E-state index in [1.807, 2.05) is 31.2 Å². The van der Waals surface area contributed by atoms with Crippen LogP contribution in [-0.4, -0.2) is 15.0 Å². The molecule has 0 heterocycles. The molecule has 0 aliphatic heterocycles. The maximum Gasteiger partial charge on any atom is 0.241 e. The lowest BCUT2D eigenvalue weighted by atomic mass is 10.1. The highest BCUT2D eigenvalue weighted by Crippen LogP contribution is 2.28. The van der Waals surface area contributed by atoms with Crippen molar-refractivity contribution in [1.29, 1.82) is 0 Å². The SMILES string of the molecule is CCOc1ccc(S(=O)(=O)NC(C)c2ccc(Br)cc2)cc1Cl. The quantitative estimate of drug-likeness (QED) is 0.749. The van der Waals surface area contributed by atoms with Crippen molar-refractivity contribution < 1.29 is 13.2 Å². The molecule has 2 rings (SSSR count). The van der Waals surface area contributed by atoms with Gasteiger partial charge in [-0.3, -0.25) is 0 Å². The molecule has 1 unspecified atom stereocenters. The molecule has 2 aromatic carbocycles. The number of sulfonamides is 1. The van der Waals surface area contributed by atoms with Crippen LogP contribution in [0.5, 0.6) is 5.75 Å². The predicted molar refractivity (Wildman–Crippen MR) is 95.5 cm³/mol. The fourth-order valence-corrected chi connectivity index (χ4v) is 3.86. The predicted octanol–water partition coefficient (Wildman–Crippen LogP) is 4.54. The Morgan fingerprint density at radius 1 is 1.22 bits per heavy atom. The molecule has 0 amide bonds. The van der Waals surface area contributed by atoms with E-state index in [4.69, 9.17) is 16.3 Å². The highest BCUT2D eigenvalue weighted by Gasteiger charge is 2.19. The Bertz CT molecular complexity index is 778. The van der Waals surface area contributed by atoms with Gasteiger partial charge in [0.05, 0.1) is 16.5 Å². The van der Waals surface area contributed by atoms with Crippen molar-refractivity contribution in [2.45, 2.75) is 24.8 Å². The summed E-state index contributed by atoms with van der Waals surface area (Å²) in [5.74, 6) is 0.467. The molecule has 7 heteroatoms. The zero-order valence-electron chi connectivity index (χ0n) is 12.7. The summed E-state index contributed by atoms with van der Waals surface area (Å²) in [6.45, 7) is 4.09. The van der Waals surface area contributed by atoms with E-state index in [0.717, 1.165) is 10.0 Å². The normalized spacial score (nSPS) is 12.9. The van der Waals surface area contributed by atoms with E-state index >= 15 is 0 Å². The second kappa shape index (κ2) is 7.66. The molecule has 1 N–H and O–H groups in total. The summed E-state index contributed by atoms with van der Waals surface area (Å²) in [6.07, 6.45) is 0. The van der Waals surface area contributed by atoms with Gasteiger partial charge in [0.25, 0.3) is 0 Å². The third kappa shape index (κ3) is 4.70. The summed E-state index contributed by atoms with van der Waals surface area (Å²) in [4.78, 5) is 0.106. The first-order valence-corrected chi connectivity index (χ1v) is 9.69. The first-order valence-electron chi connectivity index (χ1n) is 7.03. The lowest BCUT2D eigenvalue weighted by Crippen LogP contribution is -2.26. The molecule has 0 spiro atoms. The van der Waals surface area contributed by atoms with E-state index in [2.05, 4.69) is 20.7 Å². The van der Waals surface area contributed by atoms with Crippen molar-refractivity contribution in [2.75, 3.05) is 6.61 Å². The van der Waals surface area contributed by atoms with E-state index in [-0.39, 0.29) is 16.0 Å². The van der Waals surface area contributed by atoms with Crippen molar-refractivity contribution in [3.8, 4) is 5.75 Å². The number of nitrogens with one attached hydrogen (secondary N) is 1. The minimum absolute atomic E-state index is 0.106. The summed E-state index contributed by atoms with van der Waals surface area (Å²) >= 11 is 9.42. The van der Waals surface area contributed by atoms with Crippen LogP contribution in [0.4, 0.5) is 0 Å². The highest BCUT2D eigenvalue weighted by atomic mass is 79.9. The summed E-state index contributed by atoms with van der Waals surface area (Å²) in [6, 6.07) is 11.5. The van der Waals surface area contributed by atoms with Gasteiger partial charge in [-0.15, -0.1) is 0 Å². The maximum atomic E-state index is 12.5. The van der Waals surface area contributed by atoms with E-state index in [1.165, 1.54) is 12.1 Å². The molecule has 23 heavy (non-hydrogen) atoms. The molecule has 1 atom stereocenters. The molecule has 0 saturated heterocycles. The van der Waals surface area contributed by atoms with E-state index in [9.17, 15) is 8.42 Å². The van der Waals surface area contributed by atoms with Crippen LogP contribution in [0.25, 0.3) is 0 Å². The van der Waals surface area contributed by atoms with Crippen LogP contribution in [-0.2, 0) is 10.0 Å². The zero-order chi connectivity index (χ0) is 17.0. The Morgan fingerprint density at radius 2 is 1.87 bits per heavy atom. The smallest absolute Gasteiger partial charge is 0.241 e. The first-order chi connectivity index (χ1) is 10.8. The molecule has 0 bridgehead atoms. The molecule has 0 aliphatic carbocycles. The number of hydrogen-bond acceptors (Lipinski definition) is 3. The molecular weight excluding hydrogens is 402 g/mol. The van der Waals surface area contributed by atoms with Crippen molar-refractivity contribution in [1.82, 2.24) is 4.72 Å². The standard InChI is InChI=1S/C16H17BrClNO3S/c1-3-22-16-9-8-14(10-15(16)18)23(20,21)19-11(2)12-4-6-13(17)7-5-12/h4-11,19H,3H2,1-2H3. The van der Waals surface area contributed by atoms with Gasteiger partial charge in [-0.2, -0.15) is 0 Å². The minimum Gasteiger partial charge on any atom is -0.492 e. The van der Waals surface area contributed by atoms with Gasteiger partial charge in [-0.25, -0.2) is 13.1 Å². The van der Waals surface area contributed by atoms with Crippen LogP contribution in [0.3, 0.4) is 0 Å². The van der Waals surface area contributed by atoms with Gasteiger partial charge < -0.3 is 4.74 Å². The third-order valence-corrected chi connectivity index (χ3v) is 5.58. The third-order valence-electron chi connectivity index (χ3n) is 3.22. The van der Waals surface area contributed by atoms with Gasteiger partial charge in [-0.05, 0) is 49.7 Å². The van der Waals surface area contributed by atoms with E-state index in [1.54, 1.807) is 13.0 Å². The van der Waals surface area contributed by atoms with E-state index in [0.29, 0.717) is 12.4 Å². The maximum absolute atomic E-state index is 12.5. The Balaban J connectivity index is 2.21. The fourth-order valence-electron chi connectivity index (χ4n) is 2.04. The number of rotatable bonds is 6. The first kappa shape index (κ1) is 18.3. The summed E-state index contributed by atoms with van der Waals surface area (Å²) < 4.78 is 33.9. The van der Waals surface area contributed by atoms with Gasteiger partial charge in [0.1, 0.15) is 5.75 Å². The number of hydrogen-bond donors (Lipinski definition) is 1. The largest absolute Gasteiger partial charge is 0.492 e. The van der Waals surface area contributed by atoms with Gasteiger partial charge in [0.2, 0.25) is 10.0 Å². The molecule has 0 aromatic heterocycles.